The van der Waals surface area contributed by atoms with Crippen LogP contribution in [0.4, 0.5) is 44.3 Å². The number of urea groups is 1. The van der Waals surface area contributed by atoms with Crippen LogP contribution in [0.2, 0.25) is 5.02 Å². The zero-order valence-corrected chi connectivity index (χ0v) is 23.1. The minimum atomic E-state index is -5.16. The Balaban J connectivity index is 2.37. The molecule has 2 rings (SSSR count). The van der Waals surface area contributed by atoms with E-state index >= 15 is 0 Å². The van der Waals surface area contributed by atoms with Crippen LogP contribution in [-0.2, 0) is 6.18 Å². The van der Waals surface area contributed by atoms with Crippen LogP contribution in [0.5, 0.6) is 0 Å². The first-order chi connectivity index (χ1) is 17.7. The molecule has 1 unspecified atom stereocenters. The van der Waals surface area contributed by atoms with Crippen LogP contribution in [-0.4, -0.2) is 42.9 Å². The van der Waals surface area contributed by atoms with Gasteiger partial charge in [-0.1, -0.05) is 29.8 Å². The van der Waals surface area contributed by atoms with E-state index < -0.39 is 54.1 Å². The van der Waals surface area contributed by atoms with E-state index in [4.69, 9.17) is 11.6 Å². The number of benzene rings is 2. The zero-order chi connectivity index (χ0) is 29.9. The second-order valence-corrected chi connectivity index (χ2v) is 9.84. The van der Waals surface area contributed by atoms with Gasteiger partial charge < -0.3 is 5.32 Å². The Labute approximate surface area is 236 Å². The van der Waals surface area contributed by atoms with Crippen molar-refractivity contribution in [2.45, 2.75) is 24.4 Å². The molecule has 0 aromatic heterocycles. The second-order valence-electron chi connectivity index (χ2n) is 7.75. The summed E-state index contributed by atoms with van der Waals surface area (Å²) >= 11 is 12.0. The van der Waals surface area contributed by atoms with Gasteiger partial charge in [0.2, 0.25) is 0 Å². The molecule has 2 N–H and O–H groups in total. The number of hydrazine groups is 1. The number of rotatable bonds is 5. The average molecular weight is 720 g/mol. The highest BCUT2D eigenvalue weighted by atomic mass is 79.9. The third-order valence-corrected chi connectivity index (χ3v) is 6.92. The van der Waals surface area contributed by atoms with Gasteiger partial charge in [0.15, 0.2) is 0 Å². The number of alkyl halides is 9. The van der Waals surface area contributed by atoms with Crippen molar-refractivity contribution in [1.29, 1.82) is 0 Å². The van der Waals surface area contributed by atoms with E-state index in [-0.39, 0.29) is 30.1 Å². The Morgan fingerprint density at radius 3 is 2.05 bits per heavy atom. The van der Waals surface area contributed by atoms with Gasteiger partial charge in [-0.3, -0.25) is 10.2 Å². The molecule has 2 aromatic rings. The highest BCUT2D eigenvalue weighted by Gasteiger charge is 2.40. The van der Waals surface area contributed by atoms with Crippen LogP contribution in [0.25, 0.3) is 6.08 Å². The summed E-state index contributed by atoms with van der Waals surface area (Å²) in [7, 11) is 0.790. The molecule has 39 heavy (non-hydrogen) atoms. The fraction of sp³-hybridized carbons (Fsp3) is 0.273. The molecule has 214 valence electrons. The number of hydrogen-bond donors (Lipinski definition) is 2. The van der Waals surface area contributed by atoms with Gasteiger partial charge in [-0.15, -0.1) is 0 Å². The Bertz CT molecular complexity index is 1240. The Morgan fingerprint density at radius 1 is 1.00 bits per heavy atom. The maximum Gasteiger partial charge on any atom is 0.417 e. The number of hydrogen-bond acceptors (Lipinski definition) is 2. The van der Waals surface area contributed by atoms with Gasteiger partial charge in [-0.25, -0.2) is 9.80 Å². The van der Waals surface area contributed by atoms with Gasteiger partial charge in [-0.2, -0.15) is 39.5 Å². The number of carbonyl (C=O) groups is 2. The predicted molar refractivity (Wildman–Crippen MR) is 131 cm³/mol. The molecular formula is C22H15Br2ClF9N3O2. The molecule has 17 heteroatoms. The lowest BCUT2D eigenvalue weighted by Crippen LogP contribution is -2.50. The summed E-state index contributed by atoms with van der Waals surface area (Å²) in [6.07, 6.45) is -13.4. The predicted octanol–water partition coefficient (Wildman–Crippen LogP) is 8.09. The monoisotopic (exact) mass is 717 g/mol. The van der Waals surface area contributed by atoms with Crippen molar-refractivity contribution in [2.24, 2.45) is 0 Å². The lowest BCUT2D eigenvalue weighted by molar-refractivity contribution is -0.139. The number of nitrogens with zero attached hydrogens (tertiary/aromatic N) is 1. The van der Waals surface area contributed by atoms with Gasteiger partial charge in [0.25, 0.3) is 5.91 Å². The third kappa shape index (κ3) is 9.31. The second kappa shape index (κ2) is 12.4. The summed E-state index contributed by atoms with van der Waals surface area (Å²) in [5, 5.41) is 1.72. The van der Waals surface area contributed by atoms with Gasteiger partial charge in [0.05, 0.1) is 22.1 Å². The minimum Gasteiger partial charge on any atom is -0.327 e. The van der Waals surface area contributed by atoms with Crippen LogP contribution in [0.1, 0.15) is 33.0 Å². The highest BCUT2D eigenvalue weighted by Crippen LogP contribution is 2.41. The SMILES string of the molecule is CN(NC(=O)c1ccc(/C=C/C(c2cc(Br)c(Cl)c(Br)c2)C(F)(F)F)cc1C(F)(F)F)C(=O)NCC(F)(F)F. The molecule has 0 aliphatic carbocycles. The molecule has 0 aliphatic heterocycles. The normalized spacial score (nSPS) is 13.4. The lowest BCUT2D eigenvalue weighted by atomic mass is 9.96. The van der Waals surface area contributed by atoms with E-state index in [0.717, 1.165) is 31.3 Å². The van der Waals surface area contributed by atoms with E-state index in [2.05, 4.69) is 31.9 Å². The molecular weight excluding hydrogens is 705 g/mol. The maximum atomic E-state index is 13.8. The number of halogens is 12. The molecule has 0 radical (unpaired) electrons. The number of carbonyl (C=O) groups excluding carboxylic acids is 2. The van der Waals surface area contributed by atoms with Crippen molar-refractivity contribution >= 4 is 61.5 Å². The Hall–Kier alpha value is -2.46. The molecule has 0 saturated heterocycles. The largest absolute Gasteiger partial charge is 0.417 e. The van der Waals surface area contributed by atoms with Crippen molar-refractivity contribution < 1.29 is 49.1 Å². The summed E-state index contributed by atoms with van der Waals surface area (Å²) in [5.41, 5.74) is -1.53. The highest BCUT2D eigenvalue weighted by molar-refractivity contribution is 9.11. The fourth-order valence-corrected chi connectivity index (χ4v) is 4.36. The molecule has 0 fully saturated rings. The van der Waals surface area contributed by atoms with Crippen molar-refractivity contribution in [1.82, 2.24) is 15.8 Å². The molecule has 5 nitrogen and oxygen atoms in total. The standard InChI is InChI=1S/C22H15Br2ClF9N3O2/c1-37(19(39)35-9-20(26,27)28)36-18(38)12-4-2-10(6-14(12)22(32,33)34)3-5-13(21(29,30)31)11-7-15(23)17(25)16(24)8-11/h2-8,13H,9H2,1H3,(H,35,39)(H,36,38)/b5-3+. The summed E-state index contributed by atoms with van der Waals surface area (Å²) in [6.45, 7) is -1.76. The van der Waals surface area contributed by atoms with Crippen LogP contribution in [0.3, 0.4) is 0 Å². The van der Waals surface area contributed by atoms with Gasteiger partial charge in [0.1, 0.15) is 6.54 Å². The van der Waals surface area contributed by atoms with Crippen LogP contribution in [0.15, 0.2) is 45.4 Å². The Morgan fingerprint density at radius 2 is 1.56 bits per heavy atom. The molecule has 0 saturated carbocycles. The van der Waals surface area contributed by atoms with Crippen LogP contribution in [0, 0.1) is 0 Å². The van der Waals surface area contributed by atoms with Gasteiger partial charge in [-0.05, 0) is 67.3 Å². The van der Waals surface area contributed by atoms with E-state index in [9.17, 15) is 49.1 Å². The summed E-state index contributed by atoms with van der Waals surface area (Å²) in [6, 6.07) is 2.73. The van der Waals surface area contributed by atoms with Crippen molar-refractivity contribution in [2.75, 3.05) is 13.6 Å². The third-order valence-electron chi connectivity index (χ3n) is 4.81. The van der Waals surface area contributed by atoms with E-state index in [1.54, 1.807) is 5.43 Å². The molecule has 0 spiro atoms. The van der Waals surface area contributed by atoms with Crippen LogP contribution >= 0.6 is 43.5 Å². The minimum absolute atomic E-state index is 0.107. The fourth-order valence-electron chi connectivity index (χ4n) is 3.03. The molecule has 1 atom stereocenters. The molecule has 0 bridgehead atoms. The van der Waals surface area contributed by atoms with E-state index in [0.29, 0.717) is 18.2 Å². The average Bonchev–Trinajstić information content (AvgIpc) is 2.78. The first-order valence-corrected chi connectivity index (χ1v) is 12.2. The number of nitrogens with one attached hydrogen (secondary N) is 2. The molecule has 0 heterocycles. The Kier molecular flexibility index (Phi) is 10.4. The number of allylic oxidation sites excluding steroid dienone is 1. The van der Waals surface area contributed by atoms with E-state index in [1.807, 2.05) is 0 Å². The molecule has 0 aliphatic rings. The zero-order valence-electron chi connectivity index (χ0n) is 19.1. The lowest BCUT2D eigenvalue weighted by Gasteiger charge is -2.21. The molecule has 2 aromatic carbocycles. The van der Waals surface area contributed by atoms with Crippen molar-refractivity contribution in [3.8, 4) is 0 Å². The first kappa shape index (κ1) is 32.8. The van der Waals surface area contributed by atoms with Gasteiger partial charge in [0, 0.05) is 16.0 Å². The summed E-state index contributed by atoms with van der Waals surface area (Å²) in [4.78, 5) is 24.0. The van der Waals surface area contributed by atoms with Crippen LogP contribution < -0.4 is 10.7 Å². The maximum absolute atomic E-state index is 13.8. The van der Waals surface area contributed by atoms with E-state index in [1.165, 1.54) is 5.32 Å². The first-order valence-electron chi connectivity index (χ1n) is 10.2. The number of amides is 3. The van der Waals surface area contributed by atoms with Crippen molar-refractivity contribution in [3.63, 3.8) is 0 Å². The smallest absolute Gasteiger partial charge is 0.327 e. The summed E-state index contributed by atoms with van der Waals surface area (Å²) < 4.78 is 119. The quantitative estimate of drug-likeness (QED) is 0.187. The topological polar surface area (TPSA) is 61.4 Å². The summed E-state index contributed by atoms with van der Waals surface area (Å²) in [5.74, 6) is -3.75. The van der Waals surface area contributed by atoms with Gasteiger partial charge >= 0.3 is 24.6 Å². The van der Waals surface area contributed by atoms with Crippen molar-refractivity contribution in [3.05, 3.63) is 72.6 Å². The molecule has 3 amide bonds.